The van der Waals surface area contributed by atoms with Gasteiger partial charge >= 0.3 is 12.0 Å². The Hall–Kier alpha value is -1.34. The maximum absolute atomic E-state index is 12.0. The number of ether oxygens (including phenoxy) is 1. The van der Waals surface area contributed by atoms with E-state index in [2.05, 4.69) is 24.5 Å². The third-order valence-electron chi connectivity index (χ3n) is 5.34. The second-order valence-electron chi connectivity index (χ2n) is 7.56. The summed E-state index contributed by atoms with van der Waals surface area (Å²) in [6.45, 7) is 7.67. The molecule has 0 radical (unpaired) electrons. The molecule has 0 bridgehead atoms. The van der Waals surface area contributed by atoms with Gasteiger partial charge in [0.15, 0.2) is 0 Å². The Labute approximate surface area is 150 Å². The van der Waals surface area contributed by atoms with E-state index in [9.17, 15) is 9.59 Å². The average molecular weight is 355 g/mol. The normalized spacial score (nSPS) is 32.1. The van der Waals surface area contributed by atoms with Crippen LogP contribution in [-0.4, -0.2) is 65.9 Å². The van der Waals surface area contributed by atoms with Gasteiger partial charge in [0.2, 0.25) is 0 Å². The van der Waals surface area contributed by atoms with E-state index in [1.165, 1.54) is 0 Å². The first-order valence-corrected chi connectivity index (χ1v) is 9.53. The van der Waals surface area contributed by atoms with E-state index in [4.69, 9.17) is 9.84 Å². The molecule has 144 valence electrons. The molecule has 1 aliphatic heterocycles. The maximum Gasteiger partial charge on any atom is 0.317 e. The summed E-state index contributed by atoms with van der Waals surface area (Å²) in [6, 6.07) is 0.297. The molecule has 0 aromatic carbocycles. The first-order chi connectivity index (χ1) is 11.9. The van der Waals surface area contributed by atoms with Crippen LogP contribution >= 0.6 is 0 Å². The van der Waals surface area contributed by atoms with Crippen LogP contribution in [0.2, 0.25) is 0 Å². The van der Waals surface area contributed by atoms with Gasteiger partial charge in [-0.3, -0.25) is 9.69 Å². The predicted molar refractivity (Wildman–Crippen MR) is 95.6 cm³/mol. The summed E-state index contributed by atoms with van der Waals surface area (Å²) >= 11 is 0. The molecule has 2 fully saturated rings. The summed E-state index contributed by atoms with van der Waals surface area (Å²) in [6.07, 6.45) is 5.38. The lowest BCUT2D eigenvalue weighted by Gasteiger charge is -2.42. The van der Waals surface area contributed by atoms with Gasteiger partial charge in [-0.1, -0.05) is 6.92 Å². The van der Waals surface area contributed by atoms with Crippen molar-refractivity contribution >= 4 is 12.0 Å². The van der Waals surface area contributed by atoms with Crippen molar-refractivity contribution in [3.05, 3.63) is 0 Å². The first kappa shape index (κ1) is 20.0. The lowest BCUT2D eigenvalue weighted by atomic mass is 9.85. The van der Waals surface area contributed by atoms with E-state index in [1.54, 1.807) is 0 Å². The maximum atomic E-state index is 12.0. The van der Waals surface area contributed by atoms with Gasteiger partial charge < -0.3 is 20.5 Å². The van der Waals surface area contributed by atoms with Gasteiger partial charge in [-0.05, 0) is 58.4 Å². The van der Waals surface area contributed by atoms with Crippen LogP contribution in [0.5, 0.6) is 0 Å². The minimum absolute atomic E-state index is 0.0715. The van der Waals surface area contributed by atoms with E-state index in [0.29, 0.717) is 24.7 Å². The molecule has 1 aliphatic carbocycles. The first-order valence-electron chi connectivity index (χ1n) is 9.53. The van der Waals surface area contributed by atoms with Crippen LogP contribution in [-0.2, 0) is 9.53 Å². The topological polar surface area (TPSA) is 90.9 Å². The molecular weight excluding hydrogens is 322 g/mol. The molecular formula is C18H33N3O4. The van der Waals surface area contributed by atoms with E-state index in [0.717, 1.165) is 38.6 Å². The number of urea groups is 1. The Morgan fingerprint density at radius 3 is 2.36 bits per heavy atom. The van der Waals surface area contributed by atoms with Gasteiger partial charge in [-0.25, -0.2) is 4.79 Å². The Morgan fingerprint density at radius 1 is 1.16 bits per heavy atom. The van der Waals surface area contributed by atoms with Crippen LogP contribution in [0.3, 0.4) is 0 Å². The summed E-state index contributed by atoms with van der Waals surface area (Å²) < 4.78 is 5.74. The van der Waals surface area contributed by atoms with Crippen molar-refractivity contribution in [2.45, 2.75) is 77.2 Å². The lowest BCUT2D eigenvalue weighted by Crippen LogP contribution is -2.56. The molecule has 2 atom stereocenters. The van der Waals surface area contributed by atoms with Gasteiger partial charge in [0.1, 0.15) is 0 Å². The highest BCUT2D eigenvalue weighted by Gasteiger charge is 2.34. The Kier molecular flexibility index (Phi) is 7.50. The quantitative estimate of drug-likeness (QED) is 0.618. The molecule has 25 heavy (non-hydrogen) atoms. The van der Waals surface area contributed by atoms with Crippen LogP contribution in [0.4, 0.5) is 4.79 Å². The summed E-state index contributed by atoms with van der Waals surface area (Å²) in [5.41, 5.74) is 0. The van der Waals surface area contributed by atoms with Gasteiger partial charge in [-0.15, -0.1) is 0 Å². The summed E-state index contributed by atoms with van der Waals surface area (Å²) in [5, 5.41) is 14.8. The van der Waals surface area contributed by atoms with E-state index >= 15 is 0 Å². The van der Waals surface area contributed by atoms with Crippen LogP contribution in [0.15, 0.2) is 0 Å². The smallest absolute Gasteiger partial charge is 0.317 e. The zero-order valence-electron chi connectivity index (χ0n) is 15.7. The van der Waals surface area contributed by atoms with Gasteiger partial charge in [0.05, 0.1) is 18.8 Å². The fraction of sp³-hybridized carbons (Fsp3) is 0.889. The number of rotatable bonds is 8. The van der Waals surface area contributed by atoms with Crippen molar-refractivity contribution in [2.24, 2.45) is 5.92 Å². The number of carboxylic acid groups (broad SMARTS) is 1. The van der Waals surface area contributed by atoms with E-state index in [-0.39, 0.29) is 24.7 Å². The molecule has 2 amide bonds. The number of carbonyl (C=O) groups excluding carboxylic acids is 1. The average Bonchev–Trinajstić information content (AvgIpc) is 2.47. The molecule has 2 aliphatic rings. The van der Waals surface area contributed by atoms with Crippen LogP contribution in [0.1, 0.15) is 52.9 Å². The molecule has 1 saturated heterocycles. The molecule has 3 N–H and O–H groups in total. The van der Waals surface area contributed by atoms with Crippen molar-refractivity contribution in [1.82, 2.24) is 15.5 Å². The van der Waals surface area contributed by atoms with Crippen molar-refractivity contribution in [3.8, 4) is 0 Å². The van der Waals surface area contributed by atoms with Crippen molar-refractivity contribution in [1.29, 1.82) is 0 Å². The molecule has 0 aromatic heterocycles. The van der Waals surface area contributed by atoms with Gasteiger partial charge in [-0.2, -0.15) is 0 Å². The van der Waals surface area contributed by atoms with Crippen LogP contribution < -0.4 is 10.6 Å². The second kappa shape index (κ2) is 9.38. The number of nitrogens with zero attached hydrogens (tertiary/aromatic N) is 1. The van der Waals surface area contributed by atoms with Gasteiger partial charge in [0, 0.05) is 18.6 Å². The van der Waals surface area contributed by atoms with E-state index in [1.807, 2.05) is 11.8 Å². The molecule has 0 aromatic rings. The largest absolute Gasteiger partial charge is 0.480 e. The van der Waals surface area contributed by atoms with Crippen LogP contribution in [0.25, 0.3) is 0 Å². The second-order valence-corrected chi connectivity index (χ2v) is 7.56. The third kappa shape index (κ3) is 6.47. The number of carboxylic acids is 1. The van der Waals surface area contributed by atoms with Crippen molar-refractivity contribution < 1.29 is 19.4 Å². The number of likely N-dealkylation sites (N-methyl/N-ethyl adjacent to an activating group) is 1. The Balaban J connectivity index is 1.58. The number of aliphatic carboxylic acids is 1. The Morgan fingerprint density at radius 2 is 1.80 bits per heavy atom. The van der Waals surface area contributed by atoms with Gasteiger partial charge in [0.25, 0.3) is 0 Å². The number of hydrogen-bond acceptors (Lipinski definition) is 4. The number of carbonyl (C=O) groups is 2. The molecule has 1 heterocycles. The minimum atomic E-state index is -0.798. The highest BCUT2D eigenvalue weighted by molar-refractivity contribution is 5.74. The predicted octanol–water partition coefficient (Wildman–Crippen LogP) is 1.82. The zero-order valence-corrected chi connectivity index (χ0v) is 15.7. The highest BCUT2D eigenvalue weighted by Crippen LogP contribution is 2.27. The molecule has 1 saturated carbocycles. The molecule has 2 unspecified atom stereocenters. The van der Waals surface area contributed by atoms with Crippen molar-refractivity contribution in [2.75, 3.05) is 19.6 Å². The number of nitrogens with one attached hydrogen (secondary N) is 2. The molecule has 0 spiro atoms. The summed E-state index contributed by atoms with van der Waals surface area (Å²) in [7, 11) is 0. The fourth-order valence-corrected chi connectivity index (χ4v) is 4.08. The number of amides is 2. The molecule has 2 rings (SSSR count). The summed E-state index contributed by atoms with van der Waals surface area (Å²) in [5.74, 6) is -0.186. The number of hydrogen-bond donors (Lipinski definition) is 3. The highest BCUT2D eigenvalue weighted by atomic mass is 16.5. The fourth-order valence-electron chi connectivity index (χ4n) is 4.08. The van der Waals surface area contributed by atoms with Crippen LogP contribution in [0, 0.1) is 5.92 Å². The molecule has 7 heteroatoms. The van der Waals surface area contributed by atoms with Crippen molar-refractivity contribution in [3.63, 3.8) is 0 Å². The summed E-state index contributed by atoms with van der Waals surface area (Å²) in [4.78, 5) is 24.8. The Bertz CT molecular complexity index is 444. The molecule has 7 nitrogen and oxygen atoms in total. The monoisotopic (exact) mass is 355 g/mol. The van der Waals surface area contributed by atoms with E-state index < -0.39 is 5.97 Å². The SMILES string of the molecule is CCN(CC(=O)O)C1CC(NC(=O)NCCC2CC(C)OC(C)C2)C1. The zero-order chi connectivity index (χ0) is 18.4. The third-order valence-corrected chi connectivity index (χ3v) is 5.34. The lowest BCUT2D eigenvalue weighted by molar-refractivity contribution is -0.139. The minimum Gasteiger partial charge on any atom is -0.480 e. The standard InChI is InChI=1S/C18H33N3O4/c1-4-21(11-17(22)23)16-9-15(10-16)20-18(24)19-6-5-14-7-12(2)25-13(3)8-14/h12-16H,4-11H2,1-3H3,(H,22,23)(H2,19,20,24).